The molecule has 0 spiro atoms. The second kappa shape index (κ2) is 9.51. The van der Waals surface area contributed by atoms with Crippen LogP contribution in [0.25, 0.3) is 0 Å². The Labute approximate surface area is 158 Å². The number of hydrogen-bond acceptors (Lipinski definition) is 2. The molecule has 2 aromatic rings. The molecule has 1 atom stereocenters. The molecule has 0 fully saturated rings. The molecule has 0 amide bonds. The van der Waals surface area contributed by atoms with E-state index in [2.05, 4.69) is 6.92 Å². The molecule has 0 aliphatic heterocycles. The van der Waals surface area contributed by atoms with Gasteiger partial charge in [-0.25, -0.2) is 0 Å². The Hall–Kier alpha value is -0.773. The molecule has 2 nitrogen and oxygen atoms in total. The summed E-state index contributed by atoms with van der Waals surface area (Å²) in [5.74, 6) is 0.856. The zero-order valence-electron chi connectivity index (χ0n) is 15.1. The van der Waals surface area contributed by atoms with Crippen molar-refractivity contribution in [2.45, 2.75) is 27.2 Å². The first-order valence-corrected chi connectivity index (χ1v) is 8.70. The summed E-state index contributed by atoms with van der Waals surface area (Å²) >= 11 is 6.18. The van der Waals surface area contributed by atoms with Gasteiger partial charge >= 0.3 is 18.9 Å². The molecule has 0 N–H and O–H groups in total. The van der Waals surface area contributed by atoms with Gasteiger partial charge in [-0.3, -0.25) is 4.79 Å². The summed E-state index contributed by atoms with van der Waals surface area (Å²) in [6.45, 7) is 6.71. The number of hydrogen-bond donors (Lipinski definition) is 0. The Morgan fingerprint density at radius 1 is 1.22 bits per heavy atom. The Kier molecular flexibility index (Phi) is 8.38. The van der Waals surface area contributed by atoms with Crippen LogP contribution < -0.4 is 28.9 Å². The summed E-state index contributed by atoms with van der Waals surface area (Å²) in [4.78, 5) is 12.6. The third-order valence-corrected chi connectivity index (χ3v) is 4.99. The van der Waals surface area contributed by atoms with Crippen molar-refractivity contribution in [3.05, 3.63) is 58.1 Å². The predicted molar refractivity (Wildman–Crippen MR) is 96.5 cm³/mol. The van der Waals surface area contributed by atoms with Gasteiger partial charge in [0, 0.05) is 5.56 Å². The summed E-state index contributed by atoms with van der Waals surface area (Å²) in [6.07, 6.45) is 0.979. The van der Waals surface area contributed by atoms with Crippen LogP contribution in [0.15, 0.2) is 36.4 Å². The first-order valence-electron chi connectivity index (χ1n) is 7.33. The topological polar surface area (TPSA) is 26.3 Å². The number of rotatable bonds is 6. The molecular formula is C18H21ClLiO2P. The quantitative estimate of drug-likeness (QED) is 0.593. The van der Waals surface area contributed by atoms with Crippen LogP contribution in [0.4, 0.5) is 0 Å². The van der Waals surface area contributed by atoms with Gasteiger partial charge in [0.2, 0.25) is 0 Å². The van der Waals surface area contributed by atoms with Crippen molar-refractivity contribution in [1.82, 2.24) is 0 Å². The van der Waals surface area contributed by atoms with Gasteiger partial charge < -0.3 is 6.16 Å². The standard InChI is InChI=1S/C18H20ClO2P.Li.H/c1-4-10-21-14-8-9-16(13(3)11-14)22-18(20)17-12(2)6-5-7-15(17)19;;/h5-9,11,22H,4,10H2,1-3H3;;/q;+1;-1. The van der Waals surface area contributed by atoms with Gasteiger partial charge in [-0.1, -0.05) is 36.7 Å². The predicted octanol–water partition coefficient (Wildman–Crippen LogP) is 2.01. The fourth-order valence-corrected chi connectivity index (χ4v) is 3.71. The average Bonchev–Trinajstić information content (AvgIpc) is 2.47. The van der Waals surface area contributed by atoms with Crippen LogP contribution >= 0.6 is 20.2 Å². The maximum absolute atomic E-state index is 12.6. The van der Waals surface area contributed by atoms with Gasteiger partial charge in [0.25, 0.3) is 0 Å². The maximum atomic E-state index is 12.6. The Bertz CT molecular complexity index is 674. The first-order chi connectivity index (χ1) is 10.5. The third-order valence-electron chi connectivity index (χ3n) is 3.37. The summed E-state index contributed by atoms with van der Waals surface area (Å²) in [5.41, 5.74) is 2.71. The largest absolute Gasteiger partial charge is 1.00 e. The molecule has 0 aliphatic rings. The zero-order valence-corrected chi connectivity index (χ0v) is 15.8. The van der Waals surface area contributed by atoms with Crippen molar-refractivity contribution in [2.24, 2.45) is 0 Å². The fourth-order valence-electron chi connectivity index (χ4n) is 2.19. The molecule has 0 radical (unpaired) electrons. The minimum absolute atomic E-state index is 0. The summed E-state index contributed by atoms with van der Waals surface area (Å²) in [6, 6.07) is 11.4. The van der Waals surface area contributed by atoms with Crippen LogP contribution in [0.5, 0.6) is 5.75 Å². The molecule has 0 bridgehead atoms. The number of halogens is 1. The monoisotopic (exact) mass is 342 g/mol. The van der Waals surface area contributed by atoms with E-state index in [0.29, 0.717) is 17.2 Å². The molecule has 0 aliphatic carbocycles. The average molecular weight is 343 g/mol. The van der Waals surface area contributed by atoms with Crippen molar-refractivity contribution in [2.75, 3.05) is 6.61 Å². The molecular weight excluding hydrogens is 322 g/mol. The molecule has 0 aromatic heterocycles. The van der Waals surface area contributed by atoms with E-state index in [9.17, 15) is 4.79 Å². The molecule has 5 heteroatoms. The van der Waals surface area contributed by atoms with Gasteiger partial charge in [0.05, 0.1) is 11.6 Å². The van der Waals surface area contributed by atoms with Crippen LogP contribution in [-0.4, -0.2) is 12.1 Å². The van der Waals surface area contributed by atoms with E-state index in [1.54, 1.807) is 6.07 Å². The number of carbonyl (C=O) groups excluding carboxylic acids is 1. The number of ether oxygens (including phenoxy) is 1. The summed E-state index contributed by atoms with van der Waals surface area (Å²) in [5, 5.41) is 1.56. The Balaban J connectivity index is 0.00000264. The van der Waals surface area contributed by atoms with E-state index in [0.717, 1.165) is 28.6 Å². The van der Waals surface area contributed by atoms with E-state index in [-0.39, 0.29) is 34.4 Å². The van der Waals surface area contributed by atoms with E-state index in [4.69, 9.17) is 16.3 Å². The minimum atomic E-state index is 0. The summed E-state index contributed by atoms with van der Waals surface area (Å²) < 4.78 is 5.62. The molecule has 0 heterocycles. The van der Waals surface area contributed by atoms with E-state index < -0.39 is 0 Å². The molecule has 23 heavy (non-hydrogen) atoms. The van der Waals surface area contributed by atoms with Crippen molar-refractivity contribution in [3.63, 3.8) is 0 Å². The number of carbonyl (C=O) groups is 1. The SMILES string of the molecule is CCCOc1ccc(PC(=O)c2c(C)cccc2Cl)c(C)c1.[H-].[Li+]. The Morgan fingerprint density at radius 3 is 2.57 bits per heavy atom. The second-order valence-electron chi connectivity index (χ2n) is 5.21. The van der Waals surface area contributed by atoms with E-state index in [1.165, 1.54) is 0 Å². The van der Waals surface area contributed by atoms with E-state index in [1.807, 2.05) is 44.2 Å². The van der Waals surface area contributed by atoms with Crippen LogP contribution in [0.1, 0.15) is 36.3 Å². The Morgan fingerprint density at radius 2 is 1.96 bits per heavy atom. The molecule has 1 unspecified atom stereocenters. The van der Waals surface area contributed by atoms with Gasteiger partial charge in [-0.15, -0.1) is 0 Å². The van der Waals surface area contributed by atoms with Crippen molar-refractivity contribution in [3.8, 4) is 5.75 Å². The van der Waals surface area contributed by atoms with Crippen molar-refractivity contribution in [1.29, 1.82) is 0 Å². The third kappa shape index (κ3) is 5.37. The smallest absolute Gasteiger partial charge is 1.00 e. The molecule has 118 valence electrons. The number of aryl methyl sites for hydroxylation is 2. The number of benzene rings is 2. The van der Waals surface area contributed by atoms with Crippen LogP contribution in [-0.2, 0) is 0 Å². The molecule has 2 aromatic carbocycles. The zero-order chi connectivity index (χ0) is 16.1. The van der Waals surface area contributed by atoms with E-state index >= 15 is 0 Å². The van der Waals surface area contributed by atoms with Gasteiger partial charge in [0.1, 0.15) is 5.75 Å². The van der Waals surface area contributed by atoms with Gasteiger partial charge in [-0.2, -0.15) is 0 Å². The van der Waals surface area contributed by atoms with Crippen LogP contribution in [0, 0.1) is 13.8 Å². The molecule has 0 saturated carbocycles. The van der Waals surface area contributed by atoms with Crippen molar-refractivity contribution >= 4 is 31.0 Å². The van der Waals surface area contributed by atoms with Crippen molar-refractivity contribution < 1.29 is 29.8 Å². The van der Waals surface area contributed by atoms with Crippen LogP contribution in [0.3, 0.4) is 0 Å². The molecule has 0 saturated heterocycles. The summed E-state index contributed by atoms with van der Waals surface area (Å²) in [7, 11) is 0.0671. The minimum Gasteiger partial charge on any atom is -1.00 e. The normalized spacial score (nSPS) is 10.6. The first kappa shape index (κ1) is 20.3. The van der Waals surface area contributed by atoms with Gasteiger partial charge in [-0.05, 0) is 63.5 Å². The molecule has 2 rings (SSSR count). The maximum Gasteiger partial charge on any atom is 1.00 e. The van der Waals surface area contributed by atoms with Gasteiger partial charge in [0.15, 0.2) is 5.52 Å². The fraction of sp³-hybridized carbons (Fsp3) is 0.278. The second-order valence-corrected chi connectivity index (χ2v) is 6.86. The van der Waals surface area contributed by atoms with Crippen LogP contribution in [0.2, 0.25) is 5.02 Å².